The van der Waals surface area contributed by atoms with Crippen molar-refractivity contribution in [2.24, 2.45) is 0 Å². The van der Waals surface area contributed by atoms with Crippen molar-refractivity contribution in [3.8, 4) is 11.5 Å². The third-order valence-electron chi connectivity index (χ3n) is 6.81. The topological polar surface area (TPSA) is 46.9 Å². The molecule has 2 heterocycles. The van der Waals surface area contributed by atoms with Crippen LogP contribution >= 0.6 is 0 Å². The summed E-state index contributed by atoms with van der Waals surface area (Å²) >= 11 is 0. The van der Waals surface area contributed by atoms with Crippen LogP contribution in [0.5, 0.6) is 11.5 Å². The second-order valence-electron chi connectivity index (χ2n) is 9.14. The highest BCUT2D eigenvalue weighted by atomic mass is 16.5. The Morgan fingerprint density at radius 2 is 1.58 bits per heavy atom. The Hall–Kier alpha value is -3.77. The van der Waals surface area contributed by atoms with Gasteiger partial charge in [0.15, 0.2) is 0 Å². The van der Waals surface area contributed by atoms with Gasteiger partial charge in [0.1, 0.15) is 17.2 Å². The first-order chi connectivity index (χ1) is 17.7. The molecule has 1 aliphatic rings. The Morgan fingerprint density at radius 1 is 0.833 bits per heavy atom. The van der Waals surface area contributed by atoms with Crippen LogP contribution in [0.15, 0.2) is 78.9 Å². The van der Waals surface area contributed by atoms with E-state index in [4.69, 9.17) is 9.47 Å². The summed E-state index contributed by atoms with van der Waals surface area (Å²) in [6.45, 7) is 7.19. The number of piperazine rings is 1. The lowest BCUT2D eigenvalue weighted by molar-refractivity contribution is 0.0619. The molecule has 3 aromatic carbocycles. The number of carbonyl (C=O) groups excluding carboxylic acids is 1. The van der Waals surface area contributed by atoms with Gasteiger partial charge in [-0.1, -0.05) is 48.5 Å². The van der Waals surface area contributed by atoms with Crippen molar-refractivity contribution < 1.29 is 14.3 Å². The number of ether oxygens (including phenoxy) is 2. The van der Waals surface area contributed by atoms with Crippen molar-refractivity contribution in [2.75, 3.05) is 39.9 Å². The number of nitrogens with zero attached hydrogens (tertiary/aromatic N) is 3. The summed E-state index contributed by atoms with van der Waals surface area (Å²) in [6, 6.07) is 26.5. The average Bonchev–Trinajstić information content (AvgIpc) is 3.29. The van der Waals surface area contributed by atoms with Gasteiger partial charge in [0.05, 0.1) is 19.2 Å². The van der Waals surface area contributed by atoms with E-state index >= 15 is 0 Å². The molecule has 1 aliphatic heterocycles. The molecule has 1 amide bonds. The Labute approximate surface area is 212 Å². The number of aromatic nitrogens is 1. The van der Waals surface area contributed by atoms with Gasteiger partial charge in [0, 0.05) is 44.7 Å². The molecule has 1 fully saturated rings. The van der Waals surface area contributed by atoms with E-state index in [0.29, 0.717) is 31.9 Å². The third-order valence-corrected chi connectivity index (χ3v) is 6.81. The van der Waals surface area contributed by atoms with E-state index in [1.165, 1.54) is 5.56 Å². The minimum absolute atomic E-state index is 0.0657. The number of hydrogen-bond acceptors (Lipinski definition) is 4. The zero-order valence-corrected chi connectivity index (χ0v) is 21.0. The van der Waals surface area contributed by atoms with Crippen LogP contribution in [0.1, 0.15) is 28.5 Å². The van der Waals surface area contributed by atoms with Crippen LogP contribution < -0.4 is 9.47 Å². The van der Waals surface area contributed by atoms with Crippen LogP contribution in [-0.4, -0.2) is 60.2 Å². The SMILES string of the molecule is CCOc1cccc2c1cc(C(=O)N1CCN(Cc3ccccc3)CC1)n2Cc1cccc(OC)c1. The van der Waals surface area contributed by atoms with Gasteiger partial charge in [-0.2, -0.15) is 0 Å². The molecule has 6 nitrogen and oxygen atoms in total. The highest BCUT2D eigenvalue weighted by Crippen LogP contribution is 2.31. The van der Waals surface area contributed by atoms with Crippen LogP contribution in [0.25, 0.3) is 10.9 Å². The fraction of sp³-hybridized carbons (Fsp3) is 0.300. The molecule has 1 saturated heterocycles. The van der Waals surface area contributed by atoms with E-state index in [9.17, 15) is 4.79 Å². The lowest BCUT2D eigenvalue weighted by atomic mass is 10.2. The molecule has 5 rings (SSSR count). The minimum atomic E-state index is 0.0657. The molecule has 186 valence electrons. The van der Waals surface area contributed by atoms with E-state index in [0.717, 1.165) is 47.6 Å². The molecule has 0 aliphatic carbocycles. The van der Waals surface area contributed by atoms with Gasteiger partial charge in [-0.15, -0.1) is 0 Å². The number of rotatable bonds is 8. The fourth-order valence-electron chi connectivity index (χ4n) is 4.95. The number of benzene rings is 3. The average molecular weight is 484 g/mol. The number of amides is 1. The predicted octanol–water partition coefficient (Wildman–Crippen LogP) is 5.05. The largest absolute Gasteiger partial charge is 0.497 e. The standard InChI is InChI=1S/C30H33N3O3/c1-3-36-29-14-8-13-27-26(29)20-28(33(27)22-24-11-7-12-25(19-24)35-2)30(34)32-17-15-31(16-18-32)21-23-9-5-4-6-10-23/h4-14,19-20H,3,15-18,21-22H2,1-2H3. The lowest BCUT2D eigenvalue weighted by Gasteiger charge is -2.35. The molecule has 0 N–H and O–H groups in total. The van der Waals surface area contributed by atoms with E-state index < -0.39 is 0 Å². The van der Waals surface area contributed by atoms with Crippen LogP contribution in [-0.2, 0) is 13.1 Å². The highest BCUT2D eigenvalue weighted by molar-refractivity contribution is 6.00. The van der Waals surface area contributed by atoms with E-state index in [1.54, 1.807) is 7.11 Å². The normalized spacial score (nSPS) is 14.2. The zero-order valence-electron chi connectivity index (χ0n) is 21.0. The second kappa shape index (κ2) is 10.9. The quantitative estimate of drug-likeness (QED) is 0.352. The maximum atomic E-state index is 13.9. The molecule has 0 bridgehead atoms. The first-order valence-corrected chi connectivity index (χ1v) is 12.6. The summed E-state index contributed by atoms with van der Waals surface area (Å²) in [7, 11) is 1.67. The fourth-order valence-corrected chi connectivity index (χ4v) is 4.95. The molecular formula is C30H33N3O3. The van der Waals surface area contributed by atoms with E-state index in [2.05, 4.69) is 45.9 Å². The molecule has 6 heteroatoms. The predicted molar refractivity (Wildman–Crippen MR) is 143 cm³/mol. The van der Waals surface area contributed by atoms with E-state index in [-0.39, 0.29) is 5.91 Å². The summed E-state index contributed by atoms with van der Waals surface area (Å²) < 4.78 is 13.5. The summed E-state index contributed by atoms with van der Waals surface area (Å²) in [5.41, 5.74) is 4.07. The summed E-state index contributed by atoms with van der Waals surface area (Å²) in [4.78, 5) is 18.3. The van der Waals surface area contributed by atoms with Gasteiger partial charge in [-0.05, 0) is 48.4 Å². The zero-order chi connectivity index (χ0) is 24.9. The Balaban J connectivity index is 1.41. The molecule has 0 atom stereocenters. The van der Waals surface area contributed by atoms with Gasteiger partial charge in [-0.25, -0.2) is 0 Å². The number of methoxy groups -OCH3 is 1. The Kier molecular flexibility index (Phi) is 7.23. The molecule has 4 aromatic rings. The van der Waals surface area contributed by atoms with Crippen LogP contribution in [0.4, 0.5) is 0 Å². The van der Waals surface area contributed by atoms with Crippen molar-refractivity contribution in [1.82, 2.24) is 14.4 Å². The molecule has 36 heavy (non-hydrogen) atoms. The smallest absolute Gasteiger partial charge is 0.270 e. The first-order valence-electron chi connectivity index (χ1n) is 12.6. The van der Waals surface area contributed by atoms with Crippen molar-refractivity contribution in [3.05, 3.63) is 95.7 Å². The maximum Gasteiger partial charge on any atom is 0.270 e. The second-order valence-corrected chi connectivity index (χ2v) is 9.14. The number of fused-ring (bicyclic) bond motifs is 1. The summed E-state index contributed by atoms with van der Waals surface area (Å²) in [6.07, 6.45) is 0. The third kappa shape index (κ3) is 5.09. The molecule has 1 aromatic heterocycles. The van der Waals surface area contributed by atoms with Gasteiger partial charge >= 0.3 is 0 Å². The molecule has 0 unspecified atom stereocenters. The van der Waals surface area contributed by atoms with Crippen molar-refractivity contribution in [3.63, 3.8) is 0 Å². The number of carbonyl (C=O) groups is 1. The molecular weight excluding hydrogens is 450 g/mol. The maximum absolute atomic E-state index is 13.9. The van der Waals surface area contributed by atoms with Crippen LogP contribution in [0.3, 0.4) is 0 Å². The van der Waals surface area contributed by atoms with Crippen molar-refractivity contribution >= 4 is 16.8 Å². The monoisotopic (exact) mass is 483 g/mol. The molecule has 0 saturated carbocycles. The van der Waals surface area contributed by atoms with Gasteiger partial charge in [-0.3, -0.25) is 9.69 Å². The van der Waals surface area contributed by atoms with Gasteiger partial charge in [0.25, 0.3) is 5.91 Å². The van der Waals surface area contributed by atoms with Crippen molar-refractivity contribution in [1.29, 1.82) is 0 Å². The van der Waals surface area contributed by atoms with Crippen LogP contribution in [0, 0.1) is 0 Å². The van der Waals surface area contributed by atoms with Gasteiger partial charge in [0.2, 0.25) is 0 Å². The number of hydrogen-bond donors (Lipinski definition) is 0. The van der Waals surface area contributed by atoms with Crippen molar-refractivity contribution in [2.45, 2.75) is 20.0 Å². The first kappa shape index (κ1) is 23.9. The Bertz CT molecular complexity index is 1320. The van der Waals surface area contributed by atoms with Crippen LogP contribution in [0.2, 0.25) is 0 Å². The molecule has 0 radical (unpaired) electrons. The summed E-state index contributed by atoms with van der Waals surface area (Å²) in [5, 5.41) is 0.966. The van der Waals surface area contributed by atoms with Gasteiger partial charge < -0.3 is 18.9 Å². The van der Waals surface area contributed by atoms with E-state index in [1.807, 2.05) is 54.3 Å². The minimum Gasteiger partial charge on any atom is -0.497 e. The Morgan fingerprint density at radius 3 is 2.33 bits per heavy atom. The highest BCUT2D eigenvalue weighted by Gasteiger charge is 2.26. The summed E-state index contributed by atoms with van der Waals surface area (Å²) in [5.74, 6) is 1.68. The molecule has 0 spiro atoms. The lowest BCUT2D eigenvalue weighted by Crippen LogP contribution is -2.48.